The highest BCUT2D eigenvalue weighted by Crippen LogP contribution is 2.23. The number of nitrogens with two attached hydrogens (primary N) is 1. The third-order valence-corrected chi connectivity index (χ3v) is 6.36. The van der Waals surface area contributed by atoms with Crippen LogP contribution in [0.4, 0.5) is 10.3 Å². The maximum absolute atomic E-state index is 13.6. The second-order valence-electron chi connectivity index (χ2n) is 7.35. The molecule has 0 radical (unpaired) electrons. The SMILES string of the molecule is Cc1ccc(S(=O)(=O)OCCn2cnc3c2nc(N)n2nc(-c4cccc(F)c4)nc32)cc1. The molecule has 0 bridgehead atoms. The Morgan fingerprint density at radius 2 is 1.88 bits per heavy atom. The molecular formula is C21H18FN7O3S. The lowest BCUT2D eigenvalue weighted by atomic mass is 10.2. The van der Waals surface area contributed by atoms with Gasteiger partial charge in [0.05, 0.1) is 24.4 Å². The van der Waals surface area contributed by atoms with Gasteiger partial charge in [0.15, 0.2) is 22.6 Å². The summed E-state index contributed by atoms with van der Waals surface area (Å²) in [5.41, 5.74) is 8.66. The van der Waals surface area contributed by atoms with Gasteiger partial charge in [-0.25, -0.2) is 14.4 Å². The van der Waals surface area contributed by atoms with Gasteiger partial charge in [-0.3, -0.25) is 4.18 Å². The van der Waals surface area contributed by atoms with E-state index in [1.807, 2.05) is 6.92 Å². The Morgan fingerprint density at radius 1 is 1.09 bits per heavy atom. The summed E-state index contributed by atoms with van der Waals surface area (Å²) < 4.78 is 46.5. The van der Waals surface area contributed by atoms with Gasteiger partial charge in [0.2, 0.25) is 5.95 Å². The van der Waals surface area contributed by atoms with Gasteiger partial charge in [-0.1, -0.05) is 29.8 Å². The monoisotopic (exact) mass is 467 g/mol. The van der Waals surface area contributed by atoms with Crippen LogP contribution in [0, 0.1) is 12.7 Å². The summed E-state index contributed by atoms with van der Waals surface area (Å²) in [4.78, 5) is 13.2. The molecule has 5 rings (SSSR count). The van der Waals surface area contributed by atoms with Crippen LogP contribution in [-0.2, 0) is 20.8 Å². The molecule has 0 unspecified atom stereocenters. The molecule has 0 atom stereocenters. The van der Waals surface area contributed by atoms with Gasteiger partial charge in [-0.2, -0.15) is 17.9 Å². The molecule has 0 aliphatic heterocycles. The number of anilines is 1. The Kier molecular flexibility index (Phi) is 5.02. The Hall–Kier alpha value is -3.90. The van der Waals surface area contributed by atoms with Gasteiger partial charge in [-0.05, 0) is 31.2 Å². The van der Waals surface area contributed by atoms with Gasteiger partial charge in [0.25, 0.3) is 10.1 Å². The van der Waals surface area contributed by atoms with Gasteiger partial charge in [-0.15, -0.1) is 5.10 Å². The van der Waals surface area contributed by atoms with Crippen molar-refractivity contribution in [2.45, 2.75) is 18.4 Å². The van der Waals surface area contributed by atoms with Crippen LogP contribution in [-0.4, -0.2) is 44.2 Å². The second kappa shape index (κ2) is 7.90. The number of hydrogen-bond donors (Lipinski definition) is 1. The highest BCUT2D eigenvalue weighted by atomic mass is 32.2. The molecule has 12 heteroatoms. The van der Waals surface area contributed by atoms with Crippen LogP contribution < -0.4 is 5.73 Å². The van der Waals surface area contributed by atoms with Crippen LogP contribution in [0.1, 0.15) is 5.56 Å². The number of fused-ring (bicyclic) bond motifs is 3. The number of aromatic nitrogens is 6. The van der Waals surface area contributed by atoms with Gasteiger partial charge in [0, 0.05) is 5.56 Å². The normalized spacial score (nSPS) is 12.1. The summed E-state index contributed by atoms with van der Waals surface area (Å²) in [7, 11) is -3.89. The average molecular weight is 467 g/mol. The molecule has 168 valence electrons. The van der Waals surface area contributed by atoms with Crippen molar-refractivity contribution in [2.75, 3.05) is 12.3 Å². The van der Waals surface area contributed by atoms with Gasteiger partial charge < -0.3 is 10.3 Å². The molecule has 0 aliphatic rings. The van der Waals surface area contributed by atoms with E-state index in [4.69, 9.17) is 9.92 Å². The number of aryl methyl sites for hydroxylation is 1. The number of halogens is 1. The van der Waals surface area contributed by atoms with Crippen molar-refractivity contribution < 1.29 is 17.0 Å². The summed E-state index contributed by atoms with van der Waals surface area (Å²) >= 11 is 0. The molecule has 2 N–H and O–H groups in total. The molecule has 33 heavy (non-hydrogen) atoms. The van der Waals surface area contributed by atoms with E-state index in [0.717, 1.165) is 5.56 Å². The van der Waals surface area contributed by atoms with Gasteiger partial charge in [0.1, 0.15) is 5.82 Å². The largest absolute Gasteiger partial charge is 0.368 e. The number of benzene rings is 2. The first-order valence-electron chi connectivity index (χ1n) is 9.91. The molecule has 3 aromatic heterocycles. The predicted molar refractivity (Wildman–Crippen MR) is 118 cm³/mol. The summed E-state index contributed by atoms with van der Waals surface area (Å²) in [5, 5.41) is 4.32. The molecule has 0 saturated carbocycles. The van der Waals surface area contributed by atoms with Crippen molar-refractivity contribution in [1.29, 1.82) is 0 Å². The fourth-order valence-electron chi connectivity index (χ4n) is 3.36. The lowest BCUT2D eigenvalue weighted by molar-refractivity contribution is 0.302. The highest BCUT2D eigenvalue weighted by molar-refractivity contribution is 7.86. The van der Waals surface area contributed by atoms with Crippen LogP contribution in [0.25, 0.3) is 28.2 Å². The first-order valence-corrected chi connectivity index (χ1v) is 11.3. The van der Waals surface area contributed by atoms with E-state index in [-0.39, 0.29) is 29.8 Å². The van der Waals surface area contributed by atoms with Crippen molar-refractivity contribution in [3.63, 3.8) is 0 Å². The van der Waals surface area contributed by atoms with Crippen molar-refractivity contribution in [3.05, 3.63) is 66.2 Å². The Bertz CT molecular complexity index is 1590. The predicted octanol–water partition coefficient (Wildman–Crippen LogP) is 2.58. The highest BCUT2D eigenvalue weighted by Gasteiger charge is 2.18. The van der Waals surface area contributed by atoms with E-state index >= 15 is 0 Å². The number of imidazole rings is 1. The lowest BCUT2D eigenvalue weighted by Gasteiger charge is -2.07. The Labute approximate surface area is 187 Å². The van der Waals surface area contributed by atoms with Crippen LogP contribution in [0.5, 0.6) is 0 Å². The van der Waals surface area contributed by atoms with E-state index in [1.165, 1.54) is 35.1 Å². The van der Waals surface area contributed by atoms with Crippen LogP contribution >= 0.6 is 0 Å². The van der Waals surface area contributed by atoms with E-state index in [0.29, 0.717) is 22.4 Å². The fraction of sp³-hybridized carbons (Fsp3) is 0.143. The molecule has 5 aromatic rings. The van der Waals surface area contributed by atoms with Crippen LogP contribution in [0.15, 0.2) is 59.8 Å². The van der Waals surface area contributed by atoms with Crippen molar-refractivity contribution in [3.8, 4) is 11.4 Å². The molecule has 2 aromatic carbocycles. The second-order valence-corrected chi connectivity index (χ2v) is 8.97. The molecule has 0 spiro atoms. The Balaban J connectivity index is 1.42. The third-order valence-electron chi connectivity index (χ3n) is 5.03. The summed E-state index contributed by atoms with van der Waals surface area (Å²) in [6.07, 6.45) is 1.50. The number of nitrogen functional groups attached to an aromatic ring is 1. The smallest absolute Gasteiger partial charge is 0.297 e. The minimum Gasteiger partial charge on any atom is -0.368 e. The quantitative estimate of drug-likeness (QED) is 0.377. The zero-order valence-corrected chi connectivity index (χ0v) is 18.2. The van der Waals surface area contributed by atoms with E-state index in [1.54, 1.807) is 28.8 Å². The van der Waals surface area contributed by atoms with Crippen molar-refractivity contribution in [2.24, 2.45) is 0 Å². The summed E-state index contributed by atoms with van der Waals surface area (Å²) in [5.74, 6) is -0.0763. The summed E-state index contributed by atoms with van der Waals surface area (Å²) in [6.45, 7) is 1.90. The molecule has 0 saturated heterocycles. The van der Waals surface area contributed by atoms with E-state index in [2.05, 4.69) is 20.1 Å². The minimum atomic E-state index is -3.89. The lowest BCUT2D eigenvalue weighted by Crippen LogP contribution is -2.12. The number of hydrogen-bond acceptors (Lipinski definition) is 8. The van der Waals surface area contributed by atoms with Crippen LogP contribution in [0.3, 0.4) is 0 Å². The molecule has 3 heterocycles. The zero-order valence-electron chi connectivity index (χ0n) is 17.4. The maximum Gasteiger partial charge on any atom is 0.297 e. The number of nitrogens with zero attached hydrogens (tertiary/aromatic N) is 6. The third kappa shape index (κ3) is 3.90. The minimum absolute atomic E-state index is 0.0580. The molecule has 10 nitrogen and oxygen atoms in total. The van der Waals surface area contributed by atoms with E-state index in [9.17, 15) is 12.8 Å². The summed E-state index contributed by atoms with van der Waals surface area (Å²) in [6, 6.07) is 12.3. The molecule has 0 fully saturated rings. The van der Waals surface area contributed by atoms with Crippen molar-refractivity contribution >= 4 is 32.9 Å². The van der Waals surface area contributed by atoms with Crippen molar-refractivity contribution in [1.82, 2.24) is 29.1 Å². The Morgan fingerprint density at radius 3 is 2.64 bits per heavy atom. The maximum atomic E-state index is 13.6. The standard InChI is InChI=1S/C21H18FN7O3S/c1-13-5-7-16(8-6-13)33(30,31)32-10-9-28-12-24-17-19(28)26-21(23)29-20(17)25-18(27-29)14-3-2-4-15(22)11-14/h2-8,11-12H,9-10H2,1H3,(H2,23,26). The molecular weight excluding hydrogens is 449 g/mol. The molecule has 0 aliphatic carbocycles. The topological polar surface area (TPSA) is 130 Å². The van der Waals surface area contributed by atoms with Gasteiger partial charge >= 0.3 is 0 Å². The zero-order chi connectivity index (χ0) is 23.2. The number of rotatable bonds is 6. The van der Waals surface area contributed by atoms with Crippen LogP contribution in [0.2, 0.25) is 0 Å². The fourth-order valence-corrected chi connectivity index (χ4v) is 4.26. The van der Waals surface area contributed by atoms with E-state index < -0.39 is 15.9 Å². The average Bonchev–Trinajstić information content (AvgIpc) is 3.39. The molecule has 0 amide bonds. The first kappa shape index (κ1) is 21.0. The first-order chi connectivity index (χ1) is 15.8.